The van der Waals surface area contributed by atoms with Crippen LogP contribution in [0.25, 0.3) is 0 Å². The van der Waals surface area contributed by atoms with Gasteiger partial charge in [-0.05, 0) is 18.2 Å². The van der Waals surface area contributed by atoms with E-state index >= 15 is 0 Å². The molecule has 19 heavy (non-hydrogen) atoms. The molecule has 1 aliphatic rings. The first-order chi connectivity index (χ1) is 9.04. The quantitative estimate of drug-likeness (QED) is 0.706. The maximum atomic E-state index is 12.3. The number of likely N-dealkylation sites (N-methyl/N-ethyl adjacent to an activating group) is 1. The van der Waals surface area contributed by atoms with Crippen LogP contribution in [0, 0.1) is 0 Å². The molecule has 6 heteroatoms. The molecule has 0 aromatic heterocycles. The van der Waals surface area contributed by atoms with E-state index in [9.17, 15) is 15.0 Å². The lowest BCUT2D eigenvalue weighted by Gasteiger charge is -2.26. The number of nitrogens with zero attached hydrogens (tertiary/aromatic N) is 1. The van der Waals surface area contributed by atoms with Crippen molar-refractivity contribution >= 4 is 5.91 Å². The van der Waals surface area contributed by atoms with Crippen molar-refractivity contribution in [2.75, 3.05) is 27.2 Å². The summed E-state index contributed by atoms with van der Waals surface area (Å²) in [6, 6.07) is 4.20. The van der Waals surface area contributed by atoms with Crippen LogP contribution in [0.15, 0.2) is 18.2 Å². The number of hydrogen-bond donors (Lipinski definition) is 3. The lowest BCUT2D eigenvalue weighted by molar-refractivity contribution is 0.0578. The van der Waals surface area contributed by atoms with Gasteiger partial charge in [0.15, 0.2) is 0 Å². The molecule has 1 aromatic carbocycles. The van der Waals surface area contributed by atoms with E-state index < -0.39 is 6.10 Å². The van der Waals surface area contributed by atoms with Gasteiger partial charge >= 0.3 is 0 Å². The first kappa shape index (κ1) is 13.6. The zero-order valence-corrected chi connectivity index (χ0v) is 11.0. The highest BCUT2D eigenvalue weighted by Crippen LogP contribution is 2.25. The van der Waals surface area contributed by atoms with E-state index in [0.717, 1.165) is 0 Å². The second kappa shape index (κ2) is 5.46. The van der Waals surface area contributed by atoms with Crippen LogP contribution in [0.5, 0.6) is 11.5 Å². The monoisotopic (exact) mass is 266 g/mol. The number of carbonyl (C=O) groups is 1. The lowest BCUT2D eigenvalue weighted by Crippen LogP contribution is -2.44. The minimum absolute atomic E-state index is 0.0990. The number of aliphatic hydroxyl groups is 1. The third-order valence-corrected chi connectivity index (χ3v) is 3.40. The van der Waals surface area contributed by atoms with E-state index in [1.54, 1.807) is 13.1 Å². The number of methoxy groups -OCH3 is 1. The number of nitrogens with one attached hydrogen (secondary N) is 1. The van der Waals surface area contributed by atoms with Crippen molar-refractivity contribution in [2.45, 2.75) is 12.1 Å². The van der Waals surface area contributed by atoms with Crippen molar-refractivity contribution in [1.29, 1.82) is 0 Å². The Labute approximate surface area is 111 Å². The molecule has 0 aliphatic carbocycles. The Bertz CT molecular complexity index is 478. The van der Waals surface area contributed by atoms with Crippen LogP contribution in [-0.4, -0.2) is 60.4 Å². The van der Waals surface area contributed by atoms with E-state index in [2.05, 4.69) is 5.32 Å². The van der Waals surface area contributed by atoms with Gasteiger partial charge in [0, 0.05) is 20.1 Å². The standard InChI is InChI=1S/C13H18N2O4/c1-15(10-6-14-7-12(10)17)13(18)9-5-8(19-2)3-4-11(9)16/h3-5,10,12,14,16-17H,6-7H2,1-2H3/t10-,12-/m0/s1. The van der Waals surface area contributed by atoms with Gasteiger partial charge in [-0.15, -0.1) is 0 Å². The first-order valence-corrected chi connectivity index (χ1v) is 6.07. The molecular formula is C13H18N2O4. The summed E-state index contributed by atoms with van der Waals surface area (Å²) in [6.07, 6.45) is -0.596. The van der Waals surface area contributed by atoms with Crippen molar-refractivity contribution in [3.8, 4) is 11.5 Å². The number of rotatable bonds is 3. The molecule has 1 fully saturated rings. The maximum Gasteiger partial charge on any atom is 0.257 e. The summed E-state index contributed by atoms with van der Waals surface area (Å²) in [6.45, 7) is 1.00. The van der Waals surface area contributed by atoms with Crippen molar-refractivity contribution in [3.05, 3.63) is 23.8 Å². The molecule has 0 saturated carbocycles. The average molecular weight is 266 g/mol. The summed E-state index contributed by atoms with van der Waals surface area (Å²) in [4.78, 5) is 13.8. The molecule has 2 rings (SSSR count). The largest absolute Gasteiger partial charge is 0.507 e. The fraction of sp³-hybridized carbons (Fsp3) is 0.462. The number of hydrogen-bond acceptors (Lipinski definition) is 5. The van der Waals surface area contributed by atoms with Crippen molar-refractivity contribution in [1.82, 2.24) is 10.2 Å². The number of ether oxygens (including phenoxy) is 1. The van der Waals surface area contributed by atoms with Crippen molar-refractivity contribution < 1.29 is 19.7 Å². The van der Waals surface area contributed by atoms with Gasteiger partial charge in [0.1, 0.15) is 11.5 Å². The number of amides is 1. The van der Waals surface area contributed by atoms with Crippen LogP contribution in [0.1, 0.15) is 10.4 Å². The molecular weight excluding hydrogens is 248 g/mol. The van der Waals surface area contributed by atoms with Gasteiger partial charge in [0.25, 0.3) is 5.91 Å². The van der Waals surface area contributed by atoms with Crippen LogP contribution >= 0.6 is 0 Å². The van der Waals surface area contributed by atoms with E-state index in [1.807, 2.05) is 0 Å². The van der Waals surface area contributed by atoms with E-state index in [1.165, 1.54) is 24.1 Å². The summed E-state index contributed by atoms with van der Waals surface area (Å²) in [5.74, 6) is 0.0573. The molecule has 0 spiro atoms. The topological polar surface area (TPSA) is 82.0 Å². The van der Waals surface area contributed by atoms with Crippen LogP contribution in [0.3, 0.4) is 0 Å². The Kier molecular flexibility index (Phi) is 3.92. The minimum atomic E-state index is -0.596. The highest BCUT2D eigenvalue weighted by Gasteiger charge is 2.32. The van der Waals surface area contributed by atoms with Crippen LogP contribution in [0.4, 0.5) is 0 Å². The van der Waals surface area contributed by atoms with E-state index in [0.29, 0.717) is 18.8 Å². The Morgan fingerprint density at radius 2 is 2.21 bits per heavy atom. The van der Waals surface area contributed by atoms with Crippen LogP contribution in [0.2, 0.25) is 0 Å². The molecule has 3 N–H and O–H groups in total. The highest BCUT2D eigenvalue weighted by molar-refractivity contribution is 5.97. The summed E-state index contributed by atoms with van der Waals surface area (Å²) < 4.78 is 5.04. The second-order valence-electron chi connectivity index (χ2n) is 4.59. The number of aliphatic hydroxyl groups excluding tert-OH is 1. The second-order valence-corrected chi connectivity index (χ2v) is 4.59. The van der Waals surface area contributed by atoms with Gasteiger partial charge in [0.2, 0.25) is 0 Å². The van der Waals surface area contributed by atoms with E-state index in [-0.39, 0.29) is 23.3 Å². The number of phenols is 1. The predicted octanol–water partition coefficient (Wildman–Crippen LogP) is -0.195. The highest BCUT2D eigenvalue weighted by atomic mass is 16.5. The zero-order chi connectivity index (χ0) is 14.0. The van der Waals surface area contributed by atoms with Gasteiger partial charge in [-0.1, -0.05) is 0 Å². The number of benzene rings is 1. The molecule has 6 nitrogen and oxygen atoms in total. The van der Waals surface area contributed by atoms with Crippen molar-refractivity contribution in [2.24, 2.45) is 0 Å². The number of phenolic OH excluding ortho intramolecular Hbond substituents is 1. The fourth-order valence-electron chi connectivity index (χ4n) is 2.20. The van der Waals surface area contributed by atoms with Gasteiger partial charge in [-0.2, -0.15) is 0 Å². The average Bonchev–Trinajstić information content (AvgIpc) is 2.84. The normalized spacial score (nSPS) is 22.3. The number of aromatic hydroxyl groups is 1. The SMILES string of the molecule is COc1ccc(O)c(C(=O)N(C)[C@H]2CNC[C@@H]2O)c1. The summed E-state index contributed by atoms with van der Waals surface area (Å²) in [5, 5.41) is 22.6. The predicted molar refractivity (Wildman–Crippen MR) is 69.4 cm³/mol. The summed E-state index contributed by atoms with van der Waals surface area (Å²) in [5.41, 5.74) is 0.168. The Morgan fingerprint density at radius 3 is 2.79 bits per heavy atom. The molecule has 1 aromatic rings. The van der Waals surface area contributed by atoms with Gasteiger partial charge in [-0.3, -0.25) is 4.79 Å². The Hall–Kier alpha value is -1.79. The maximum absolute atomic E-state index is 12.3. The molecule has 1 amide bonds. The van der Waals surface area contributed by atoms with Gasteiger partial charge in [0.05, 0.1) is 24.8 Å². The molecule has 1 heterocycles. The smallest absolute Gasteiger partial charge is 0.257 e. The fourth-order valence-corrected chi connectivity index (χ4v) is 2.20. The first-order valence-electron chi connectivity index (χ1n) is 6.07. The molecule has 1 saturated heterocycles. The Morgan fingerprint density at radius 1 is 1.47 bits per heavy atom. The molecule has 0 unspecified atom stereocenters. The molecule has 1 aliphatic heterocycles. The molecule has 2 atom stereocenters. The van der Waals surface area contributed by atoms with E-state index in [4.69, 9.17) is 4.74 Å². The Balaban J connectivity index is 2.23. The van der Waals surface area contributed by atoms with Gasteiger partial charge in [-0.25, -0.2) is 0 Å². The van der Waals surface area contributed by atoms with Gasteiger partial charge < -0.3 is 25.2 Å². The molecule has 0 radical (unpaired) electrons. The zero-order valence-electron chi connectivity index (χ0n) is 11.0. The number of carbonyl (C=O) groups excluding carboxylic acids is 1. The molecule has 104 valence electrons. The minimum Gasteiger partial charge on any atom is -0.507 e. The number of β-amino-alcohol motifs (C(OH)–C–C–N with tert-alkyl or cyclic N) is 1. The lowest BCUT2D eigenvalue weighted by atomic mass is 10.1. The summed E-state index contributed by atoms with van der Waals surface area (Å²) >= 11 is 0. The third kappa shape index (κ3) is 2.64. The summed E-state index contributed by atoms with van der Waals surface area (Å²) in [7, 11) is 3.11. The third-order valence-electron chi connectivity index (χ3n) is 3.40. The molecule has 0 bridgehead atoms. The van der Waals surface area contributed by atoms with Crippen molar-refractivity contribution in [3.63, 3.8) is 0 Å². The van der Waals surface area contributed by atoms with Crippen LogP contribution in [-0.2, 0) is 0 Å². The van der Waals surface area contributed by atoms with Crippen LogP contribution < -0.4 is 10.1 Å².